The van der Waals surface area contributed by atoms with Crippen LogP contribution in [0.5, 0.6) is 5.75 Å². The minimum absolute atomic E-state index is 0.109. The fourth-order valence-corrected chi connectivity index (χ4v) is 3.16. The number of amides is 1. The number of alkyl halides is 3. The lowest BCUT2D eigenvalue weighted by Gasteiger charge is -2.18. The molecule has 144 valence electrons. The average molecular weight is 379 g/mol. The van der Waals surface area contributed by atoms with Crippen LogP contribution in [0.3, 0.4) is 0 Å². The minimum Gasteiger partial charge on any atom is -0.487 e. The Balaban J connectivity index is 1.68. The zero-order valence-electron chi connectivity index (χ0n) is 14.8. The first kappa shape index (κ1) is 19.0. The Bertz CT molecular complexity index is 822. The van der Waals surface area contributed by atoms with Crippen LogP contribution in [-0.2, 0) is 17.6 Å². The number of carbonyl (C=O) groups excluding carboxylic acids is 1. The zero-order valence-corrected chi connectivity index (χ0v) is 14.8. The Hall–Kier alpha value is -2.77. The molecule has 2 heterocycles. The number of aryl methyl sites for hydroxylation is 1. The predicted molar refractivity (Wildman–Crippen MR) is 94.3 cm³/mol. The van der Waals surface area contributed by atoms with Gasteiger partial charge in [0.25, 0.3) is 0 Å². The van der Waals surface area contributed by atoms with Crippen LogP contribution >= 0.6 is 0 Å². The van der Waals surface area contributed by atoms with E-state index in [-0.39, 0.29) is 24.0 Å². The standard InChI is InChI=1S/C19H20F3N3O2/c1-12-3-2-4-16(19(20,21)22)15(12)11-27-14-5-6-17(24-9-14)25-8-7-13(10-25)18(23)26/h2-6,9,13H,7-8,10-11H2,1H3,(H2,23,26)/t13-/m1/s1. The molecule has 1 aliphatic heterocycles. The fourth-order valence-electron chi connectivity index (χ4n) is 3.16. The second-order valence-corrected chi connectivity index (χ2v) is 6.57. The molecule has 0 saturated carbocycles. The largest absolute Gasteiger partial charge is 0.487 e. The van der Waals surface area contributed by atoms with Crippen molar-refractivity contribution < 1.29 is 22.7 Å². The highest BCUT2D eigenvalue weighted by Gasteiger charge is 2.34. The summed E-state index contributed by atoms with van der Waals surface area (Å²) in [4.78, 5) is 17.5. The molecule has 3 rings (SSSR count). The number of rotatable bonds is 5. The van der Waals surface area contributed by atoms with Crippen molar-refractivity contribution in [3.63, 3.8) is 0 Å². The van der Waals surface area contributed by atoms with E-state index in [1.54, 1.807) is 25.1 Å². The number of ether oxygens (including phenoxy) is 1. The number of anilines is 1. The van der Waals surface area contributed by atoms with Crippen molar-refractivity contribution in [1.29, 1.82) is 0 Å². The van der Waals surface area contributed by atoms with E-state index in [2.05, 4.69) is 4.98 Å². The molecule has 0 radical (unpaired) electrons. The molecule has 8 heteroatoms. The first-order chi connectivity index (χ1) is 12.8. The van der Waals surface area contributed by atoms with Gasteiger partial charge in [0, 0.05) is 18.7 Å². The van der Waals surface area contributed by atoms with Gasteiger partial charge >= 0.3 is 6.18 Å². The molecular weight excluding hydrogens is 359 g/mol. The van der Waals surface area contributed by atoms with Gasteiger partial charge in [0.15, 0.2) is 0 Å². The van der Waals surface area contributed by atoms with Gasteiger partial charge in [-0.3, -0.25) is 4.79 Å². The maximum absolute atomic E-state index is 13.2. The van der Waals surface area contributed by atoms with Crippen molar-refractivity contribution in [3.8, 4) is 5.75 Å². The molecule has 0 spiro atoms. The number of hydrogen-bond donors (Lipinski definition) is 1. The molecule has 1 saturated heterocycles. The van der Waals surface area contributed by atoms with Crippen molar-refractivity contribution in [3.05, 3.63) is 53.2 Å². The third kappa shape index (κ3) is 4.32. The summed E-state index contributed by atoms with van der Waals surface area (Å²) >= 11 is 0. The van der Waals surface area contributed by atoms with Crippen LogP contribution in [0.1, 0.15) is 23.1 Å². The second kappa shape index (κ2) is 7.46. The van der Waals surface area contributed by atoms with Gasteiger partial charge in [0.2, 0.25) is 5.91 Å². The first-order valence-corrected chi connectivity index (χ1v) is 8.54. The molecule has 0 aliphatic carbocycles. The van der Waals surface area contributed by atoms with Crippen LogP contribution in [0.25, 0.3) is 0 Å². The SMILES string of the molecule is Cc1cccc(C(F)(F)F)c1COc1ccc(N2CC[C@@H](C(N)=O)C2)nc1. The van der Waals surface area contributed by atoms with Crippen LogP contribution in [0.15, 0.2) is 36.5 Å². The third-order valence-corrected chi connectivity index (χ3v) is 4.73. The van der Waals surface area contributed by atoms with Crippen LogP contribution < -0.4 is 15.4 Å². The number of pyridine rings is 1. The summed E-state index contributed by atoms with van der Waals surface area (Å²) in [6.45, 7) is 2.62. The van der Waals surface area contributed by atoms with Crippen LogP contribution in [0, 0.1) is 12.8 Å². The number of aromatic nitrogens is 1. The van der Waals surface area contributed by atoms with E-state index in [0.29, 0.717) is 36.6 Å². The summed E-state index contributed by atoms with van der Waals surface area (Å²) in [7, 11) is 0. The summed E-state index contributed by atoms with van der Waals surface area (Å²) in [6, 6.07) is 7.44. The molecule has 1 fully saturated rings. The highest BCUT2D eigenvalue weighted by molar-refractivity contribution is 5.78. The lowest BCUT2D eigenvalue weighted by Crippen LogP contribution is -2.27. The monoisotopic (exact) mass is 379 g/mol. The summed E-state index contributed by atoms with van der Waals surface area (Å²) in [5.41, 5.74) is 5.26. The number of hydrogen-bond acceptors (Lipinski definition) is 4. The Morgan fingerprint density at radius 3 is 2.70 bits per heavy atom. The van der Waals surface area contributed by atoms with Crippen molar-refractivity contribution in [2.45, 2.75) is 26.1 Å². The van der Waals surface area contributed by atoms with E-state index < -0.39 is 11.7 Å². The topological polar surface area (TPSA) is 68.5 Å². The quantitative estimate of drug-likeness (QED) is 0.866. The van der Waals surface area contributed by atoms with Gasteiger partial charge in [-0.05, 0) is 37.1 Å². The summed E-state index contributed by atoms with van der Waals surface area (Å²) in [5.74, 6) is 0.541. The molecule has 1 atom stereocenters. The number of nitrogens with zero attached hydrogens (tertiary/aromatic N) is 2. The van der Waals surface area contributed by atoms with Gasteiger partial charge in [-0.25, -0.2) is 4.98 Å². The summed E-state index contributed by atoms with van der Waals surface area (Å²) in [5, 5.41) is 0. The van der Waals surface area contributed by atoms with Gasteiger partial charge in [-0.15, -0.1) is 0 Å². The maximum Gasteiger partial charge on any atom is 0.416 e. The van der Waals surface area contributed by atoms with Crippen molar-refractivity contribution in [2.24, 2.45) is 11.7 Å². The highest BCUT2D eigenvalue weighted by atomic mass is 19.4. The number of halogens is 3. The third-order valence-electron chi connectivity index (χ3n) is 4.73. The van der Waals surface area contributed by atoms with E-state index >= 15 is 0 Å². The minimum atomic E-state index is -4.43. The molecule has 1 aromatic carbocycles. The number of primary amides is 1. The molecule has 0 unspecified atom stereocenters. The van der Waals surface area contributed by atoms with Gasteiger partial charge < -0.3 is 15.4 Å². The summed E-state index contributed by atoms with van der Waals surface area (Å²) in [6.07, 6.45) is -2.28. The Labute approximate surface area is 154 Å². The van der Waals surface area contributed by atoms with Crippen molar-refractivity contribution in [2.75, 3.05) is 18.0 Å². The lowest BCUT2D eigenvalue weighted by atomic mass is 10.0. The van der Waals surface area contributed by atoms with Crippen LogP contribution in [-0.4, -0.2) is 24.0 Å². The van der Waals surface area contributed by atoms with Crippen molar-refractivity contribution in [1.82, 2.24) is 4.98 Å². The molecule has 1 amide bonds. The normalized spacial score (nSPS) is 17.2. The van der Waals surface area contributed by atoms with Gasteiger partial charge in [-0.1, -0.05) is 12.1 Å². The maximum atomic E-state index is 13.2. The van der Waals surface area contributed by atoms with Gasteiger partial charge in [-0.2, -0.15) is 13.2 Å². The summed E-state index contributed by atoms with van der Waals surface area (Å²) < 4.78 is 45.0. The second-order valence-electron chi connectivity index (χ2n) is 6.57. The van der Waals surface area contributed by atoms with E-state index in [4.69, 9.17) is 10.5 Å². The number of nitrogens with two attached hydrogens (primary N) is 1. The van der Waals surface area contributed by atoms with Crippen LogP contribution in [0.4, 0.5) is 19.0 Å². The fraction of sp³-hybridized carbons (Fsp3) is 0.368. The average Bonchev–Trinajstić information content (AvgIpc) is 3.10. The smallest absolute Gasteiger partial charge is 0.416 e. The van der Waals surface area contributed by atoms with Gasteiger partial charge in [0.05, 0.1) is 17.7 Å². The van der Waals surface area contributed by atoms with E-state index in [1.807, 2.05) is 4.90 Å². The van der Waals surface area contributed by atoms with Crippen LogP contribution in [0.2, 0.25) is 0 Å². The molecular formula is C19H20F3N3O2. The molecule has 27 heavy (non-hydrogen) atoms. The molecule has 1 aliphatic rings. The van der Waals surface area contributed by atoms with E-state index in [9.17, 15) is 18.0 Å². The van der Waals surface area contributed by atoms with Crippen molar-refractivity contribution >= 4 is 11.7 Å². The molecule has 1 aromatic heterocycles. The van der Waals surface area contributed by atoms with E-state index in [1.165, 1.54) is 12.3 Å². The van der Waals surface area contributed by atoms with Gasteiger partial charge in [0.1, 0.15) is 18.2 Å². The van der Waals surface area contributed by atoms with E-state index in [0.717, 1.165) is 6.07 Å². The first-order valence-electron chi connectivity index (χ1n) is 8.54. The molecule has 2 N–H and O–H groups in total. The Morgan fingerprint density at radius 1 is 1.33 bits per heavy atom. The molecule has 0 bridgehead atoms. The number of carbonyl (C=O) groups is 1. The molecule has 5 nitrogen and oxygen atoms in total. The highest BCUT2D eigenvalue weighted by Crippen LogP contribution is 2.34. The molecule has 2 aromatic rings. The predicted octanol–water partition coefficient (Wildman–Crippen LogP) is 3.30. The Kier molecular flexibility index (Phi) is 5.25. The Morgan fingerprint density at radius 2 is 2.11 bits per heavy atom. The number of benzene rings is 1. The lowest BCUT2D eigenvalue weighted by molar-refractivity contribution is -0.138. The zero-order chi connectivity index (χ0) is 19.6.